The summed E-state index contributed by atoms with van der Waals surface area (Å²) in [6.45, 7) is 3.55. The van der Waals surface area contributed by atoms with E-state index in [-0.39, 0.29) is 11.3 Å². The quantitative estimate of drug-likeness (QED) is 0.690. The van der Waals surface area contributed by atoms with E-state index in [1.54, 1.807) is 18.3 Å². The highest BCUT2D eigenvalue weighted by Gasteiger charge is 2.29. The van der Waals surface area contributed by atoms with Crippen LogP contribution in [0.25, 0.3) is 10.9 Å². The number of nitrogens with zero attached hydrogens (tertiary/aromatic N) is 2. The Morgan fingerprint density at radius 1 is 1.48 bits per heavy atom. The van der Waals surface area contributed by atoms with Gasteiger partial charge in [0, 0.05) is 36.5 Å². The molecule has 0 spiro atoms. The van der Waals surface area contributed by atoms with Crippen molar-refractivity contribution in [3.05, 3.63) is 40.6 Å². The Morgan fingerprint density at radius 3 is 3.05 bits per heavy atom. The number of anilines is 1. The number of ether oxygens (including phenoxy) is 1. The summed E-state index contributed by atoms with van der Waals surface area (Å²) in [5, 5.41) is 15.2. The van der Waals surface area contributed by atoms with Gasteiger partial charge < -0.3 is 10.1 Å². The average Bonchev–Trinajstić information content (AvgIpc) is 2.91. The van der Waals surface area contributed by atoms with E-state index in [0.717, 1.165) is 30.5 Å². The zero-order valence-corrected chi connectivity index (χ0v) is 11.8. The number of non-ortho nitro benzene ring substituents is 1. The van der Waals surface area contributed by atoms with E-state index in [1.165, 1.54) is 6.07 Å². The van der Waals surface area contributed by atoms with Crippen LogP contribution in [0.4, 0.5) is 11.4 Å². The number of rotatable bonds is 4. The van der Waals surface area contributed by atoms with Crippen molar-refractivity contribution in [1.82, 2.24) is 4.98 Å². The van der Waals surface area contributed by atoms with Crippen molar-refractivity contribution in [2.75, 3.05) is 18.5 Å². The van der Waals surface area contributed by atoms with E-state index < -0.39 is 4.92 Å². The summed E-state index contributed by atoms with van der Waals surface area (Å²) in [5.41, 5.74) is 1.11. The van der Waals surface area contributed by atoms with E-state index in [2.05, 4.69) is 17.2 Å². The van der Waals surface area contributed by atoms with Crippen molar-refractivity contribution in [3.63, 3.8) is 0 Å². The maximum Gasteiger partial charge on any atom is 0.295 e. The highest BCUT2D eigenvalue weighted by molar-refractivity contribution is 5.96. The molecule has 21 heavy (non-hydrogen) atoms. The summed E-state index contributed by atoms with van der Waals surface area (Å²) in [5.74, 6) is 0. The summed E-state index contributed by atoms with van der Waals surface area (Å²) < 4.78 is 5.75. The highest BCUT2D eigenvalue weighted by Crippen LogP contribution is 2.31. The summed E-state index contributed by atoms with van der Waals surface area (Å²) in [7, 11) is 0. The second-order valence-electron chi connectivity index (χ2n) is 5.54. The topological polar surface area (TPSA) is 77.3 Å². The number of hydrogen-bond acceptors (Lipinski definition) is 5. The van der Waals surface area contributed by atoms with E-state index in [1.807, 2.05) is 6.07 Å². The Labute approximate surface area is 122 Å². The smallest absolute Gasteiger partial charge is 0.295 e. The molecule has 6 heteroatoms. The van der Waals surface area contributed by atoms with Crippen LogP contribution in [0.3, 0.4) is 0 Å². The van der Waals surface area contributed by atoms with Crippen molar-refractivity contribution in [1.29, 1.82) is 0 Å². The van der Waals surface area contributed by atoms with E-state index in [9.17, 15) is 10.1 Å². The molecule has 1 unspecified atom stereocenters. The molecule has 1 N–H and O–H groups in total. The molecule has 1 fully saturated rings. The third-order valence-corrected chi connectivity index (χ3v) is 3.90. The molecule has 6 nitrogen and oxygen atoms in total. The van der Waals surface area contributed by atoms with Crippen LogP contribution in [0.1, 0.15) is 19.8 Å². The third-order valence-electron chi connectivity index (χ3n) is 3.90. The largest absolute Gasteiger partial charge is 0.382 e. The molecule has 0 aliphatic carbocycles. The van der Waals surface area contributed by atoms with Crippen LogP contribution in [-0.2, 0) is 4.74 Å². The lowest BCUT2D eigenvalue weighted by Crippen LogP contribution is -2.32. The normalized spacial score (nSPS) is 21.6. The number of nitro groups is 1. The fourth-order valence-electron chi connectivity index (χ4n) is 2.72. The molecule has 2 aromatic rings. The maximum atomic E-state index is 11.1. The lowest BCUT2D eigenvalue weighted by atomic mass is 10.0. The Kier molecular flexibility index (Phi) is 3.47. The first kappa shape index (κ1) is 13.8. The van der Waals surface area contributed by atoms with Gasteiger partial charge in [0.25, 0.3) is 5.69 Å². The van der Waals surface area contributed by atoms with Crippen LogP contribution < -0.4 is 5.32 Å². The molecule has 1 aliphatic heterocycles. The maximum absolute atomic E-state index is 11.1. The molecule has 110 valence electrons. The number of aromatic nitrogens is 1. The van der Waals surface area contributed by atoms with Crippen LogP contribution >= 0.6 is 0 Å². The molecule has 2 heterocycles. The van der Waals surface area contributed by atoms with Crippen molar-refractivity contribution in [2.45, 2.75) is 25.4 Å². The Morgan fingerprint density at radius 2 is 2.33 bits per heavy atom. The minimum absolute atomic E-state index is 0.0273. The zero-order chi connectivity index (χ0) is 14.9. The number of pyridine rings is 1. The second kappa shape index (κ2) is 5.29. The monoisotopic (exact) mass is 287 g/mol. The van der Waals surface area contributed by atoms with Gasteiger partial charge in [-0.1, -0.05) is 0 Å². The van der Waals surface area contributed by atoms with Crippen molar-refractivity contribution in [3.8, 4) is 0 Å². The van der Waals surface area contributed by atoms with Crippen molar-refractivity contribution in [2.24, 2.45) is 0 Å². The first-order chi connectivity index (χ1) is 10.1. The van der Waals surface area contributed by atoms with Gasteiger partial charge in [-0.2, -0.15) is 0 Å². The molecule has 1 aliphatic rings. The summed E-state index contributed by atoms with van der Waals surface area (Å²) in [6, 6.07) is 6.86. The van der Waals surface area contributed by atoms with E-state index >= 15 is 0 Å². The Bertz CT molecular complexity index is 681. The van der Waals surface area contributed by atoms with Gasteiger partial charge in [-0.3, -0.25) is 10.1 Å². The van der Waals surface area contributed by atoms with E-state index in [0.29, 0.717) is 12.1 Å². The minimum Gasteiger partial charge on any atom is -0.382 e. The molecule has 3 rings (SSSR count). The fourth-order valence-corrected chi connectivity index (χ4v) is 2.72. The van der Waals surface area contributed by atoms with Crippen molar-refractivity contribution >= 4 is 22.3 Å². The molecule has 0 amide bonds. The van der Waals surface area contributed by atoms with Crippen LogP contribution in [0, 0.1) is 10.1 Å². The average molecular weight is 287 g/mol. The molecule has 0 radical (unpaired) electrons. The predicted octanol–water partition coefficient (Wildman–Crippen LogP) is 3.12. The zero-order valence-electron chi connectivity index (χ0n) is 11.8. The first-order valence-electron chi connectivity index (χ1n) is 6.99. The molecule has 0 saturated carbocycles. The summed E-state index contributed by atoms with van der Waals surface area (Å²) in [4.78, 5) is 14.8. The predicted molar refractivity (Wildman–Crippen MR) is 80.5 cm³/mol. The van der Waals surface area contributed by atoms with E-state index in [4.69, 9.17) is 4.74 Å². The van der Waals surface area contributed by atoms with Gasteiger partial charge in [0.05, 0.1) is 10.5 Å². The number of fused-ring (bicyclic) bond motifs is 1. The van der Waals surface area contributed by atoms with Gasteiger partial charge in [-0.25, -0.2) is 4.98 Å². The summed E-state index contributed by atoms with van der Waals surface area (Å²) in [6.07, 6.45) is 3.66. The van der Waals surface area contributed by atoms with Crippen LogP contribution in [-0.4, -0.2) is 28.7 Å². The minimum atomic E-state index is -0.402. The SMILES string of the molecule is CC1(CNc2ccc([N+](=O)[O-])c3ncccc23)CCCO1. The van der Waals surface area contributed by atoms with Gasteiger partial charge in [0.15, 0.2) is 0 Å². The van der Waals surface area contributed by atoms with Gasteiger partial charge >= 0.3 is 0 Å². The molecule has 1 atom stereocenters. The summed E-state index contributed by atoms with van der Waals surface area (Å²) >= 11 is 0. The van der Waals surface area contributed by atoms with Gasteiger partial charge in [0.1, 0.15) is 5.52 Å². The van der Waals surface area contributed by atoms with Crippen LogP contribution in [0.2, 0.25) is 0 Å². The Balaban J connectivity index is 1.92. The molecule has 1 aromatic heterocycles. The molecule has 0 bridgehead atoms. The van der Waals surface area contributed by atoms with Gasteiger partial charge in [-0.15, -0.1) is 0 Å². The fraction of sp³-hybridized carbons (Fsp3) is 0.400. The number of nitrogens with one attached hydrogen (secondary N) is 1. The number of nitro benzene ring substituents is 1. The Hall–Kier alpha value is -2.21. The lowest BCUT2D eigenvalue weighted by molar-refractivity contribution is -0.383. The number of benzene rings is 1. The second-order valence-corrected chi connectivity index (χ2v) is 5.54. The standard InChI is InChI=1S/C15H17N3O3/c1-15(7-3-9-21-15)10-17-12-5-6-13(18(19)20)14-11(12)4-2-8-16-14/h2,4-6,8,17H,3,7,9-10H2,1H3. The van der Waals surface area contributed by atoms with Crippen LogP contribution in [0.15, 0.2) is 30.5 Å². The van der Waals surface area contributed by atoms with Crippen molar-refractivity contribution < 1.29 is 9.66 Å². The number of hydrogen-bond donors (Lipinski definition) is 1. The third kappa shape index (κ3) is 2.67. The van der Waals surface area contributed by atoms with Gasteiger partial charge in [-0.05, 0) is 38.0 Å². The lowest BCUT2D eigenvalue weighted by Gasteiger charge is -2.24. The molecule has 1 aromatic carbocycles. The van der Waals surface area contributed by atoms with Gasteiger partial charge in [0.2, 0.25) is 0 Å². The highest BCUT2D eigenvalue weighted by atomic mass is 16.6. The van der Waals surface area contributed by atoms with Crippen LogP contribution in [0.5, 0.6) is 0 Å². The first-order valence-corrected chi connectivity index (χ1v) is 6.99. The molecular formula is C15H17N3O3. The molecule has 1 saturated heterocycles. The molecular weight excluding hydrogens is 270 g/mol.